The molecule has 2 amide bonds. The number of carbonyl (C=O) groups excluding carboxylic acids is 2. The molecule has 1 aromatic heterocycles. The van der Waals surface area contributed by atoms with Crippen molar-refractivity contribution in [2.45, 2.75) is 26.4 Å². The van der Waals surface area contributed by atoms with Crippen molar-refractivity contribution in [3.8, 4) is 17.6 Å². The fourth-order valence-electron chi connectivity index (χ4n) is 4.34. The summed E-state index contributed by atoms with van der Waals surface area (Å²) < 4.78 is 25.2. The average Bonchev–Trinajstić information content (AvgIpc) is 3.24. The van der Waals surface area contributed by atoms with E-state index in [4.69, 9.17) is 9.47 Å². The van der Waals surface area contributed by atoms with Crippen molar-refractivity contribution in [1.29, 1.82) is 5.26 Å². The number of hydrogen-bond acceptors (Lipinski definition) is 7. The molecule has 2 heterocycles. The molecule has 1 aliphatic heterocycles. The lowest BCUT2D eigenvalue weighted by Crippen LogP contribution is -2.38. The van der Waals surface area contributed by atoms with Crippen LogP contribution in [0.15, 0.2) is 71.5 Å². The van der Waals surface area contributed by atoms with E-state index >= 15 is 0 Å². The van der Waals surface area contributed by atoms with Crippen LogP contribution in [0.5, 0.6) is 11.5 Å². The number of benzene rings is 3. The lowest BCUT2D eigenvalue weighted by Gasteiger charge is -2.22. The zero-order chi connectivity index (χ0) is 27.7. The third-order valence-corrected chi connectivity index (χ3v) is 6.10. The van der Waals surface area contributed by atoms with Crippen molar-refractivity contribution in [1.82, 2.24) is 9.78 Å². The van der Waals surface area contributed by atoms with Gasteiger partial charge in [-0.25, -0.2) is 4.68 Å². The highest BCUT2D eigenvalue weighted by molar-refractivity contribution is 6.11. The second-order valence-corrected chi connectivity index (χ2v) is 8.78. The number of likely N-dealkylation sites (N-methyl/N-ethyl adjacent to an activating group) is 1. The van der Waals surface area contributed by atoms with Crippen LogP contribution in [-0.2, 0) is 11.3 Å². The van der Waals surface area contributed by atoms with Gasteiger partial charge in [-0.3, -0.25) is 14.4 Å². The van der Waals surface area contributed by atoms with Crippen LogP contribution in [0, 0.1) is 11.3 Å². The van der Waals surface area contributed by atoms with Crippen molar-refractivity contribution < 1.29 is 23.5 Å². The maximum atomic E-state index is 14.1. The number of rotatable bonds is 6. The number of nitriles is 1. The maximum absolute atomic E-state index is 14.1. The number of hydrogen-bond donors (Lipinski definition) is 1. The molecule has 0 saturated heterocycles. The minimum absolute atomic E-state index is 0.0842. The number of ether oxygens (including phenoxy) is 2. The zero-order valence-electron chi connectivity index (χ0n) is 21.0. The Balaban J connectivity index is 1.48. The van der Waals surface area contributed by atoms with Crippen LogP contribution in [0.25, 0.3) is 10.8 Å². The minimum atomic E-state index is -2.31. The van der Waals surface area contributed by atoms with Gasteiger partial charge in [0, 0.05) is 30.6 Å². The number of amides is 2. The van der Waals surface area contributed by atoms with Crippen molar-refractivity contribution in [3.63, 3.8) is 0 Å². The molecule has 0 saturated carbocycles. The van der Waals surface area contributed by atoms with Crippen molar-refractivity contribution >= 4 is 34.0 Å². The lowest BCUT2D eigenvalue weighted by molar-refractivity contribution is -0.173. The van der Waals surface area contributed by atoms with Gasteiger partial charge >= 0.3 is 6.04 Å². The molecule has 0 aliphatic carbocycles. The van der Waals surface area contributed by atoms with Crippen LogP contribution in [0.1, 0.15) is 29.9 Å². The van der Waals surface area contributed by atoms with Gasteiger partial charge in [0.1, 0.15) is 12.6 Å². The molecule has 3 aromatic carbocycles. The van der Waals surface area contributed by atoms with E-state index in [9.17, 15) is 24.0 Å². The van der Waals surface area contributed by atoms with Crippen LogP contribution in [0.4, 0.5) is 15.8 Å². The highest BCUT2D eigenvalue weighted by Crippen LogP contribution is 2.42. The smallest absolute Gasteiger partial charge is 0.404 e. The zero-order valence-corrected chi connectivity index (χ0v) is 21.0. The SMILES string of the molecule is CCN(C(=O)Cn1nc(C(=O)Nc2ccccc2C#N)c2ccccc2c1=O)c1ccc2c(c1)OC(C)(F)O2. The Labute approximate surface area is 221 Å². The molecule has 1 aliphatic rings. The summed E-state index contributed by atoms with van der Waals surface area (Å²) in [5, 5.41) is 16.8. The second-order valence-electron chi connectivity index (χ2n) is 8.78. The van der Waals surface area contributed by atoms with E-state index in [1.807, 2.05) is 6.07 Å². The molecule has 5 rings (SSSR count). The molecule has 0 spiro atoms. The third kappa shape index (κ3) is 4.87. The number of alkyl halides is 1. The van der Waals surface area contributed by atoms with Gasteiger partial charge in [-0.2, -0.15) is 14.8 Å². The molecule has 39 heavy (non-hydrogen) atoms. The first-order valence-corrected chi connectivity index (χ1v) is 12.0. The molecule has 0 radical (unpaired) electrons. The van der Waals surface area contributed by atoms with E-state index in [2.05, 4.69) is 10.4 Å². The Kier molecular flexibility index (Phi) is 6.45. The van der Waals surface area contributed by atoms with Crippen LogP contribution >= 0.6 is 0 Å². The van der Waals surface area contributed by atoms with Gasteiger partial charge in [-0.05, 0) is 37.3 Å². The van der Waals surface area contributed by atoms with Gasteiger partial charge in [0.25, 0.3) is 11.5 Å². The summed E-state index contributed by atoms with van der Waals surface area (Å²) in [6.45, 7) is 2.62. The Hall–Kier alpha value is -5.24. The summed E-state index contributed by atoms with van der Waals surface area (Å²) >= 11 is 0. The first-order valence-electron chi connectivity index (χ1n) is 12.0. The molecule has 4 aromatic rings. The normalized spacial score (nSPS) is 15.5. The van der Waals surface area contributed by atoms with E-state index in [1.165, 1.54) is 17.0 Å². The predicted molar refractivity (Wildman–Crippen MR) is 140 cm³/mol. The number of fused-ring (bicyclic) bond motifs is 2. The standard InChI is InChI=1S/C28H22FN5O5/c1-3-33(18-12-13-22-23(14-18)39-28(2,29)38-22)24(35)16-34-27(37)20-10-6-5-9-19(20)25(32-34)26(36)31-21-11-7-4-8-17(21)15-30/h4-14H,3,16H2,1-2H3,(H,31,36). The third-order valence-electron chi connectivity index (χ3n) is 6.10. The quantitative estimate of drug-likeness (QED) is 0.402. The minimum Gasteiger partial charge on any atom is -0.423 e. The van der Waals surface area contributed by atoms with Gasteiger partial charge in [0.15, 0.2) is 17.2 Å². The Bertz CT molecular complexity index is 1730. The van der Waals surface area contributed by atoms with Crippen LogP contribution in [0.3, 0.4) is 0 Å². The predicted octanol–water partition coefficient (Wildman–Crippen LogP) is 3.99. The van der Waals surface area contributed by atoms with Gasteiger partial charge in [-0.15, -0.1) is 0 Å². The Morgan fingerprint density at radius 3 is 2.51 bits per heavy atom. The molecule has 1 N–H and O–H groups in total. The Morgan fingerprint density at radius 2 is 1.77 bits per heavy atom. The first-order chi connectivity index (χ1) is 18.7. The van der Waals surface area contributed by atoms with Gasteiger partial charge in [-0.1, -0.05) is 30.3 Å². The van der Waals surface area contributed by atoms with E-state index in [-0.39, 0.29) is 40.4 Å². The maximum Gasteiger partial charge on any atom is 0.404 e. The molecule has 1 unspecified atom stereocenters. The number of nitrogens with zero attached hydrogens (tertiary/aromatic N) is 4. The van der Waals surface area contributed by atoms with Gasteiger partial charge < -0.3 is 19.7 Å². The fraction of sp³-hybridized carbons (Fsp3) is 0.179. The van der Waals surface area contributed by atoms with Crippen molar-refractivity contribution in [3.05, 3.63) is 88.3 Å². The number of para-hydroxylation sites is 1. The number of halogens is 1. The molecule has 0 bridgehead atoms. The molecule has 10 nitrogen and oxygen atoms in total. The lowest BCUT2D eigenvalue weighted by atomic mass is 10.1. The van der Waals surface area contributed by atoms with Gasteiger partial charge in [0.05, 0.1) is 16.6 Å². The monoisotopic (exact) mass is 527 g/mol. The van der Waals surface area contributed by atoms with Crippen LogP contribution < -0.4 is 25.2 Å². The first kappa shape index (κ1) is 25.4. The number of nitrogens with one attached hydrogen (secondary N) is 1. The largest absolute Gasteiger partial charge is 0.423 e. The molecule has 0 fully saturated rings. The molecule has 11 heteroatoms. The van der Waals surface area contributed by atoms with E-state index < -0.39 is 30.0 Å². The summed E-state index contributed by atoms with van der Waals surface area (Å²) in [5.41, 5.74) is 0.313. The molecular formula is C28H22FN5O5. The van der Waals surface area contributed by atoms with E-state index in [1.54, 1.807) is 61.5 Å². The highest BCUT2D eigenvalue weighted by atomic mass is 19.2. The second kappa shape index (κ2) is 9.90. The highest BCUT2D eigenvalue weighted by Gasteiger charge is 2.37. The van der Waals surface area contributed by atoms with Crippen LogP contribution in [0.2, 0.25) is 0 Å². The molecule has 1 atom stereocenters. The van der Waals surface area contributed by atoms with E-state index in [0.29, 0.717) is 11.1 Å². The molecular weight excluding hydrogens is 505 g/mol. The van der Waals surface area contributed by atoms with Crippen LogP contribution in [-0.4, -0.2) is 34.2 Å². The van der Waals surface area contributed by atoms with E-state index in [0.717, 1.165) is 11.6 Å². The summed E-state index contributed by atoms with van der Waals surface area (Å²) in [6.07, 6.45) is 0. The van der Waals surface area contributed by atoms with Crippen molar-refractivity contribution in [2.24, 2.45) is 0 Å². The summed E-state index contributed by atoms with van der Waals surface area (Å²) in [7, 11) is 0. The fourth-order valence-corrected chi connectivity index (χ4v) is 4.34. The van der Waals surface area contributed by atoms with Gasteiger partial charge in [0.2, 0.25) is 5.91 Å². The topological polar surface area (TPSA) is 127 Å². The summed E-state index contributed by atoms with van der Waals surface area (Å²) in [5.74, 6) is -0.799. The number of aromatic nitrogens is 2. The number of anilines is 2. The number of carbonyl (C=O) groups is 2. The van der Waals surface area contributed by atoms with Crippen molar-refractivity contribution in [2.75, 3.05) is 16.8 Å². The summed E-state index contributed by atoms with van der Waals surface area (Å²) in [6, 6.07) is 17.2. The summed E-state index contributed by atoms with van der Waals surface area (Å²) in [4.78, 5) is 41.3. The average molecular weight is 528 g/mol. The molecule has 196 valence electrons. The Morgan fingerprint density at radius 1 is 1.08 bits per heavy atom.